The molecule has 0 atom stereocenters. The molecule has 0 unspecified atom stereocenters. The van der Waals surface area contributed by atoms with Gasteiger partial charge in [0.05, 0.1) is 20.8 Å². The average Bonchev–Trinajstić information content (AvgIpc) is 3.25. The highest BCUT2D eigenvalue weighted by molar-refractivity contribution is 7.23. The minimum absolute atomic E-state index is 0.149. The second-order valence-corrected chi connectivity index (χ2v) is 8.28. The number of benzene rings is 1. The number of aryl methyl sites for hydroxylation is 2. The number of aromatic nitrogens is 2. The third-order valence-corrected chi connectivity index (χ3v) is 6.71. The molecule has 0 bridgehead atoms. The molecular formula is C17H13N3OS3. The molecule has 1 amide bonds. The van der Waals surface area contributed by atoms with E-state index in [0.717, 1.165) is 31.4 Å². The number of hydrogen-bond donors (Lipinski definition) is 1. The fraction of sp³-hybridized carbons (Fsp3) is 0.118. The highest BCUT2D eigenvalue weighted by atomic mass is 32.1. The van der Waals surface area contributed by atoms with Crippen molar-refractivity contribution in [2.75, 3.05) is 5.32 Å². The van der Waals surface area contributed by atoms with Crippen molar-refractivity contribution in [2.24, 2.45) is 0 Å². The summed E-state index contributed by atoms with van der Waals surface area (Å²) < 4.78 is 1.07. The van der Waals surface area contributed by atoms with Gasteiger partial charge in [-0.1, -0.05) is 29.5 Å². The van der Waals surface area contributed by atoms with Crippen molar-refractivity contribution in [1.82, 2.24) is 9.97 Å². The third kappa shape index (κ3) is 2.75. The number of fused-ring (bicyclic) bond motifs is 1. The highest BCUT2D eigenvalue weighted by Crippen LogP contribution is 2.32. The molecule has 0 radical (unpaired) electrons. The topological polar surface area (TPSA) is 54.9 Å². The van der Waals surface area contributed by atoms with Gasteiger partial charge in [-0.2, -0.15) is 0 Å². The fourth-order valence-corrected chi connectivity index (χ4v) is 5.10. The number of thiazole rings is 2. The second-order valence-electron chi connectivity index (χ2n) is 5.31. The highest BCUT2D eigenvalue weighted by Gasteiger charge is 2.18. The number of rotatable bonds is 3. The van der Waals surface area contributed by atoms with Gasteiger partial charge < -0.3 is 0 Å². The lowest BCUT2D eigenvalue weighted by molar-refractivity contribution is 0.103. The summed E-state index contributed by atoms with van der Waals surface area (Å²) in [4.78, 5) is 23.4. The normalized spacial score (nSPS) is 11.1. The molecule has 0 fully saturated rings. The molecule has 0 saturated heterocycles. The van der Waals surface area contributed by atoms with Crippen molar-refractivity contribution in [3.63, 3.8) is 0 Å². The fourth-order valence-electron chi connectivity index (χ4n) is 2.41. The zero-order valence-electron chi connectivity index (χ0n) is 13.0. The number of nitrogens with one attached hydrogen (secondary N) is 1. The van der Waals surface area contributed by atoms with Gasteiger partial charge in [0, 0.05) is 0 Å². The lowest BCUT2D eigenvalue weighted by atomic mass is 10.2. The molecule has 0 aliphatic heterocycles. The summed E-state index contributed by atoms with van der Waals surface area (Å²) in [7, 11) is 0. The summed E-state index contributed by atoms with van der Waals surface area (Å²) in [5.74, 6) is -0.149. The first-order valence-electron chi connectivity index (χ1n) is 7.30. The quantitative estimate of drug-likeness (QED) is 0.528. The maximum atomic E-state index is 12.6. The number of carbonyl (C=O) groups excluding carboxylic acids is 1. The van der Waals surface area contributed by atoms with Gasteiger partial charge in [0.2, 0.25) is 0 Å². The summed E-state index contributed by atoms with van der Waals surface area (Å²) in [6.45, 7) is 3.89. The van der Waals surface area contributed by atoms with E-state index in [2.05, 4.69) is 15.3 Å². The van der Waals surface area contributed by atoms with Crippen LogP contribution < -0.4 is 5.32 Å². The van der Waals surface area contributed by atoms with Crippen LogP contribution in [-0.2, 0) is 0 Å². The largest absolute Gasteiger partial charge is 0.297 e. The van der Waals surface area contributed by atoms with Crippen LogP contribution in [0.5, 0.6) is 0 Å². The number of nitrogens with zero attached hydrogens (tertiary/aromatic N) is 2. The van der Waals surface area contributed by atoms with Crippen LogP contribution in [0.1, 0.15) is 20.9 Å². The molecule has 4 nitrogen and oxygen atoms in total. The van der Waals surface area contributed by atoms with Crippen LogP contribution in [0.15, 0.2) is 35.7 Å². The number of anilines is 1. The molecule has 24 heavy (non-hydrogen) atoms. The zero-order valence-corrected chi connectivity index (χ0v) is 15.4. The third-order valence-electron chi connectivity index (χ3n) is 3.58. The van der Waals surface area contributed by atoms with Crippen molar-refractivity contribution in [2.45, 2.75) is 13.8 Å². The van der Waals surface area contributed by atoms with E-state index in [0.29, 0.717) is 10.0 Å². The first-order chi connectivity index (χ1) is 11.6. The Morgan fingerprint density at radius 1 is 1.08 bits per heavy atom. The van der Waals surface area contributed by atoms with E-state index in [1.54, 1.807) is 11.3 Å². The molecule has 0 saturated carbocycles. The second kappa shape index (κ2) is 6.08. The number of thiophene rings is 1. The van der Waals surface area contributed by atoms with Crippen LogP contribution in [0.25, 0.3) is 20.1 Å². The van der Waals surface area contributed by atoms with Gasteiger partial charge in [-0.25, -0.2) is 9.97 Å². The lowest BCUT2D eigenvalue weighted by Gasteiger charge is -1.98. The van der Waals surface area contributed by atoms with Gasteiger partial charge in [0.15, 0.2) is 5.13 Å². The first-order valence-corrected chi connectivity index (χ1v) is 9.82. The summed E-state index contributed by atoms with van der Waals surface area (Å²) in [5, 5.41) is 6.43. The zero-order chi connectivity index (χ0) is 16.7. The number of carbonyl (C=O) groups is 1. The molecule has 120 valence electrons. The van der Waals surface area contributed by atoms with Gasteiger partial charge in [-0.15, -0.1) is 22.7 Å². The molecule has 1 N–H and O–H groups in total. The molecule has 7 heteroatoms. The first kappa shape index (κ1) is 15.4. The van der Waals surface area contributed by atoms with E-state index in [9.17, 15) is 4.79 Å². The Morgan fingerprint density at radius 2 is 1.96 bits per heavy atom. The molecular weight excluding hydrogens is 358 g/mol. The molecule has 3 aromatic heterocycles. The maximum absolute atomic E-state index is 12.6. The Bertz CT molecular complexity index is 1030. The van der Waals surface area contributed by atoms with E-state index < -0.39 is 0 Å². The van der Waals surface area contributed by atoms with Crippen LogP contribution in [0.3, 0.4) is 0 Å². The van der Waals surface area contributed by atoms with Gasteiger partial charge in [0.1, 0.15) is 9.88 Å². The summed E-state index contributed by atoms with van der Waals surface area (Å²) in [5.41, 5.74) is 2.80. The Kier molecular flexibility index (Phi) is 3.91. The van der Waals surface area contributed by atoms with Crippen molar-refractivity contribution in [3.05, 3.63) is 51.8 Å². The number of para-hydroxylation sites is 1. The van der Waals surface area contributed by atoms with Crippen LogP contribution >= 0.6 is 34.0 Å². The average molecular weight is 372 g/mol. The number of hydrogen-bond acceptors (Lipinski definition) is 6. The van der Waals surface area contributed by atoms with E-state index in [1.165, 1.54) is 22.7 Å². The van der Waals surface area contributed by atoms with Gasteiger partial charge in [-0.05, 0) is 36.9 Å². The molecule has 4 rings (SSSR count). The summed E-state index contributed by atoms with van der Waals surface area (Å²) in [6.07, 6.45) is 0. The maximum Gasteiger partial charge on any atom is 0.269 e. The Labute approximate surface area is 150 Å². The Morgan fingerprint density at radius 3 is 2.71 bits per heavy atom. The van der Waals surface area contributed by atoms with E-state index in [1.807, 2.05) is 49.6 Å². The Hall–Kier alpha value is -2.09. The van der Waals surface area contributed by atoms with E-state index >= 15 is 0 Å². The number of amides is 1. The van der Waals surface area contributed by atoms with Crippen LogP contribution in [-0.4, -0.2) is 15.9 Å². The lowest BCUT2D eigenvalue weighted by Crippen LogP contribution is -2.11. The molecule has 1 aromatic carbocycles. The van der Waals surface area contributed by atoms with E-state index in [4.69, 9.17) is 0 Å². The van der Waals surface area contributed by atoms with Crippen LogP contribution in [0, 0.1) is 13.8 Å². The van der Waals surface area contributed by atoms with Gasteiger partial charge >= 0.3 is 0 Å². The predicted molar refractivity (Wildman–Crippen MR) is 102 cm³/mol. The summed E-state index contributed by atoms with van der Waals surface area (Å²) >= 11 is 4.53. The van der Waals surface area contributed by atoms with Crippen LogP contribution in [0.2, 0.25) is 0 Å². The minimum atomic E-state index is -0.149. The minimum Gasteiger partial charge on any atom is -0.297 e. The summed E-state index contributed by atoms with van der Waals surface area (Å²) in [6, 6.07) is 10.0. The molecule has 4 aromatic rings. The van der Waals surface area contributed by atoms with Crippen molar-refractivity contribution < 1.29 is 4.79 Å². The Balaban J connectivity index is 1.63. The van der Waals surface area contributed by atoms with E-state index in [-0.39, 0.29) is 5.91 Å². The van der Waals surface area contributed by atoms with Crippen molar-refractivity contribution in [1.29, 1.82) is 0 Å². The monoisotopic (exact) mass is 371 g/mol. The van der Waals surface area contributed by atoms with Crippen molar-refractivity contribution in [3.8, 4) is 9.88 Å². The standard InChI is InChI=1S/C17H13N3OS3/c1-9-5-3-6-11-13(9)19-17(23-11)20-15(21)14-10(2)18-16(24-14)12-7-4-8-22-12/h3-8H,1-2H3,(H,19,20,21). The molecule has 0 aliphatic carbocycles. The van der Waals surface area contributed by atoms with Gasteiger partial charge in [-0.3, -0.25) is 10.1 Å². The van der Waals surface area contributed by atoms with Gasteiger partial charge in [0.25, 0.3) is 5.91 Å². The smallest absolute Gasteiger partial charge is 0.269 e. The molecule has 0 aliphatic rings. The van der Waals surface area contributed by atoms with Crippen LogP contribution in [0.4, 0.5) is 5.13 Å². The molecule has 0 spiro atoms. The SMILES string of the molecule is Cc1nc(-c2cccs2)sc1C(=O)Nc1nc2c(C)cccc2s1. The molecule has 3 heterocycles. The van der Waals surface area contributed by atoms with Crippen molar-refractivity contribution >= 4 is 55.3 Å². The predicted octanol–water partition coefficient (Wildman–Crippen LogP) is 5.35.